The first-order chi connectivity index (χ1) is 10.9. The molecule has 1 atom stereocenters. The van der Waals surface area contributed by atoms with Crippen LogP contribution in [0.4, 0.5) is 0 Å². The van der Waals surface area contributed by atoms with Gasteiger partial charge in [-0.15, -0.1) is 0 Å². The number of aliphatic hydroxyl groups excluding tert-OH is 1. The lowest BCUT2D eigenvalue weighted by Gasteiger charge is -2.24. The van der Waals surface area contributed by atoms with Gasteiger partial charge in [-0.25, -0.2) is 9.48 Å². The number of aliphatic hydroxyl groups is 1. The van der Waals surface area contributed by atoms with Gasteiger partial charge in [-0.2, -0.15) is 5.10 Å². The summed E-state index contributed by atoms with van der Waals surface area (Å²) in [5.74, 6) is -0.250. The van der Waals surface area contributed by atoms with E-state index in [1.165, 1.54) is 15.8 Å². The fraction of sp³-hybridized carbons (Fsp3) is 0.438. The number of amides is 1. The van der Waals surface area contributed by atoms with Crippen LogP contribution in [0.5, 0.6) is 0 Å². The van der Waals surface area contributed by atoms with Crippen LogP contribution in [-0.2, 0) is 18.4 Å². The highest BCUT2D eigenvalue weighted by atomic mass is 16.3. The van der Waals surface area contributed by atoms with E-state index in [0.29, 0.717) is 6.54 Å². The van der Waals surface area contributed by atoms with Crippen molar-refractivity contribution in [2.24, 2.45) is 7.05 Å². The van der Waals surface area contributed by atoms with Gasteiger partial charge in [0.1, 0.15) is 12.9 Å². The Bertz CT molecular complexity index is 718. The number of hydrogen-bond acceptors (Lipinski definition) is 4. The van der Waals surface area contributed by atoms with Gasteiger partial charge in [0.2, 0.25) is 5.91 Å². The van der Waals surface area contributed by atoms with Crippen LogP contribution in [0.15, 0.2) is 35.4 Å². The van der Waals surface area contributed by atoms with Crippen LogP contribution in [0.3, 0.4) is 0 Å². The number of aromatic nitrogens is 3. The maximum atomic E-state index is 12.3. The number of rotatable bonds is 6. The van der Waals surface area contributed by atoms with Crippen molar-refractivity contribution in [3.05, 3.63) is 52.2 Å². The van der Waals surface area contributed by atoms with E-state index in [1.54, 1.807) is 7.05 Å². The number of benzene rings is 1. The van der Waals surface area contributed by atoms with Gasteiger partial charge in [-0.1, -0.05) is 29.8 Å². The van der Waals surface area contributed by atoms with Crippen molar-refractivity contribution in [3.8, 4) is 0 Å². The topological polar surface area (TPSA) is 80.4 Å². The van der Waals surface area contributed by atoms with Crippen LogP contribution >= 0.6 is 0 Å². The summed E-state index contributed by atoms with van der Waals surface area (Å²) in [6, 6.07) is 7.54. The first-order valence-electron chi connectivity index (χ1n) is 7.53. The van der Waals surface area contributed by atoms with Crippen molar-refractivity contribution in [1.29, 1.82) is 0 Å². The molecule has 1 unspecified atom stereocenters. The Morgan fingerprint density at radius 1 is 1.35 bits per heavy atom. The highest BCUT2D eigenvalue weighted by Crippen LogP contribution is 2.15. The zero-order chi connectivity index (χ0) is 17.0. The monoisotopic (exact) mass is 318 g/mol. The molecule has 23 heavy (non-hydrogen) atoms. The Balaban J connectivity index is 2.04. The van der Waals surface area contributed by atoms with E-state index < -0.39 is 6.10 Å². The molecule has 0 spiro atoms. The molecule has 1 N–H and O–H groups in total. The lowest BCUT2D eigenvalue weighted by Crippen LogP contribution is -2.39. The maximum absolute atomic E-state index is 12.3. The molecule has 1 amide bonds. The summed E-state index contributed by atoms with van der Waals surface area (Å²) in [5.41, 5.74) is 1.53. The Kier molecular flexibility index (Phi) is 5.33. The number of nitrogens with zero attached hydrogens (tertiary/aromatic N) is 4. The minimum Gasteiger partial charge on any atom is -0.387 e. The fourth-order valence-electron chi connectivity index (χ4n) is 2.27. The van der Waals surface area contributed by atoms with E-state index in [2.05, 4.69) is 5.10 Å². The number of aryl methyl sites for hydroxylation is 2. The molecule has 2 aromatic rings. The summed E-state index contributed by atoms with van der Waals surface area (Å²) in [4.78, 5) is 25.6. The molecule has 0 aliphatic carbocycles. The Morgan fingerprint density at radius 2 is 2.00 bits per heavy atom. The molecule has 0 aliphatic rings. The molecule has 2 rings (SSSR count). The molecular weight excluding hydrogens is 296 g/mol. The van der Waals surface area contributed by atoms with E-state index in [-0.39, 0.29) is 24.7 Å². The Morgan fingerprint density at radius 3 is 2.52 bits per heavy atom. The van der Waals surface area contributed by atoms with Crippen LogP contribution < -0.4 is 5.69 Å². The molecule has 0 saturated heterocycles. The second-order valence-corrected chi connectivity index (χ2v) is 5.54. The Hall–Kier alpha value is -2.41. The summed E-state index contributed by atoms with van der Waals surface area (Å²) >= 11 is 0. The highest BCUT2D eigenvalue weighted by Gasteiger charge is 2.19. The van der Waals surface area contributed by atoms with Gasteiger partial charge >= 0.3 is 5.69 Å². The molecule has 0 aliphatic heterocycles. The average molecular weight is 318 g/mol. The van der Waals surface area contributed by atoms with Crippen molar-refractivity contribution in [3.63, 3.8) is 0 Å². The average Bonchev–Trinajstić information content (AvgIpc) is 2.85. The highest BCUT2D eigenvalue weighted by molar-refractivity contribution is 5.75. The van der Waals surface area contributed by atoms with Gasteiger partial charge in [0.15, 0.2) is 0 Å². The van der Waals surface area contributed by atoms with Gasteiger partial charge in [-0.3, -0.25) is 9.36 Å². The SMILES string of the molecule is CCN(CC(O)c1ccc(C)cc1)C(=O)Cn1ncn(C)c1=O. The molecule has 7 nitrogen and oxygen atoms in total. The second kappa shape index (κ2) is 7.23. The van der Waals surface area contributed by atoms with Crippen LogP contribution in [0.2, 0.25) is 0 Å². The standard InChI is InChI=1S/C16H22N4O3/c1-4-19(9-14(21)13-7-5-12(2)6-8-13)15(22)10-20-16(23)18(3)11-17-20/h5-8,11,14,21H,4,9-10H2,1-3H3. The third-order valence-corrected chi connectivity index (χ3v) is 3.76. The van der Waals surface area contributed by atoms with Crippen molar-refractivity contribution in [1.82, 2.24) is 19.2 Å². The number of likely N-dealkylation sites (N-methyl/N-ethyl adjacent to an activating group) is 1. The van der Waals surface area contributed by atoms with Crippen molar-refractivity contribution in [2.45, 2.75) is 26.5 Å². The van der Waals surface area contributed by atoms with E-state index in [4.69, 9.17) is 0 Å². The number of carbonyl (C=O) groups excluding carboxylic acids is 1. The summed E-state index contributed by atoms with van der Waals surface area (Å²) in [6.45, 7) is 4.31. The van der Waals surface area contributed by atoms with Gasteiger partial charge in [-0.05, 0) is 19.4 Å². The molecule has 1 aromatic heterocycles. The van der Waals surface area contributed by atoms with E-state index in [9.17, 15) is 14.7 Å². The minimum absolute atomic E-state index is 0.131. The van der Waals surface area contributed by atoms with E-state index in [1.807, 2.05) is 38.1 Å². The minimum atomic E-state index is -0.764. The molecule has 0 radical (unpaired) electrons. The third-order valence-electron chi connectivity index (χ3n) is 3.76. The molecular formula is C16H22N4O3. The number of hydrogen-bond donors (Lipinski definition) is 1. The summed E-state index contributed by atoms with van der Waals surface area (Å²) in [7, 11) is 1.58. The molecule has 1 heterocycles. The zero-order valence-electron chi connectivity index (χ0n) is 13.6. The molecule has 7 heteroatoms. The summed E-state index contributed by atoms with van der Waals surface area (Å²) in [6.07, 6.45) is 0.604. The van der Waals surface area contributed by atoms with Crippen LogP contribution in [0.1, 0.15) is 24.2 Å². The molecule has 0 bridgehead atoms. The third kappa shape index (κ3) is 4.07. The molecule has 0 saturated carbocycles. The first kappa shape index (κ1) is 17.0. The first-order valence-corrected chi connectivity index (χ1v) is 7.53. The lowest BCUT2D eigenvalue weighted by molar-refractivity contribution is -0.133. The largest absolute Gasteiger partial charge is 0.387 e. The second-order valence-electron chi connectivity index (χ2n) is 5.54. The van der Waals surface area contributed by atoms with Crippen LogP contribution in [-0.4, -0.2) is 43.4 Å². The molecule has 1 aromatic carbocycles. The Labute approximate surface area is 134 Å². The predicted octanol–water partition coefficient (Wildman–Crippen LogP) is 0.472. The molecule has 124 valence electrons. The summed E-state index contributed by atoms with van der Waals surface area (Å²) in [5, 5.41) is 14.2. The lowest BCUT2D eigenvalue weighted by atomic mass is 10.1. The van der Waals surface area contributed by atoms with Crippen LogP contribution in [0.25, 0.3) is 0 Å². The zero-order valence-corrected chi connectivity index (χ0v) is 13.6. The van der Waals surface area contributed by atoms with E-state index >= 15 is 0 Å². The quantitative estimate of drug-likeness (QED) is 0.840. The van der Waals surface area contributed by atoms with Gasteiger partial charge < -0.3 is 10.0 Å². The van der Waals surface area contributed by atoms with Crippen molar-refractivity contribution in [2.75, 3.05) is 13.1 Å². The summed E-state index contributed by atoms with van der Waals surface area (Å²) < 4.78 is 2.42. The van der Waals surface area contributed by atoms with Gasteiger partial charge in [0.25, 0.3) is 0 Å². The predicted molar refractivity (Wildman–Crippen MR) is 85.9 cm³/mol. The smallest absolute Gasteiger partial charge is 0.345 e. The fourth-order valence-corrected chi connectivity index (χ4v) is 2.27. The van der Waals surface area contributed by atoms with Gasteiger partial charge in [0, 0.05) is 13.6 Å². The van der Waals surface area contributed by atoms with Crippen LogP contribution in [0, 0.1) is 6.92 Å². The van der Waals surface area contributed by atoms with Crippen molar-refractivity contribution >= 4 is 5.91 Å². The van der Waals surface area contributed by atoms with Crippen molar-refractivity contribution < 1.29 is 9.90 Å². The molecule has 0 fully saturated rings. The number of carbonyl (C=O) groups is 1. The van der Waals surface area contributed by atoms with Gasteiger partial charge in [0.05, 0.1) is 12.6 Å². The van der Waals surface area contributed by atoms with E-state index in [0.717, 1.165) is 15.8 Å². The maximum Gasteiger partial charge on any atom is 0.345 e. The normalized spacial score (nSPS) is 12.2.